The predicted molar refractivity (Wildman–Crippen MR) is 119 cm³/mol. The maximum atomic E-state index is 14.5. The Bertz CT molecular complexity index is 1330. The van der Waals surface area contributed by atoms with Crippen molar-refractivity contribution in [3.63, 3.8) is 0 Å². The molecule has 0 unspecified atom stereocenters. The van der Waals surface area contributed by atoms with E-state index in [4.69, 9.17) is 5.73 Å². The molecule has 3 aromatic rings. The van der Waals surface area contributed by atoms with Gasteiger partial charge in [-0.1, -0.05) is 6.07 Å². The first-order chi connectivity index (χ1) is 15.4. The van der Waals surface area contributed by atoms with Gasteiger partial charge in [0, 0.05) is 32.3 Å². The molecule has 1 aromatic carbocycles. The molecule has 0 fully saturated rings. The number of carbonyl (C=O) groups excluding carboxylic acids is 1. The van der Waals surface area contributed by atoms with Crippen LogP contribution in [0.15, 0.2) is 41.3 Å². The normalized spacial score (nSPS) is 13.8. The minimum Gasteiger partial charge on any atom is -0.396 e. The number of anilines is 1. The number of rotatable bonds is 6. The zero-order chi connectivity index (χ0) is 22.8. The number of nitrogens with one attached hydrogen (secondary N) is 1. The van der Waals surface area contributed by atoms with Gasteiger partial charge in [0.15, 0.2) is 17.1 Å². The second kappa shape index (κ2) is 8.59. The average Bonchev–Trinajstić information content (AvgIpc) is 3.43. The Kier molecular flexibility index (Phi) is 5.69. The third-order valence-electron chi connectivity index (χ3n) is 5.59. The number of halogens is 1. The van der Waals surface area contributed by atoms with Crippen molar-refractivity contribution in [3.05, 3.63) is 70.1 Å². The number of benzene rings is 1. The minimum atomic E-state index is -0.285. The summed E-state index contributed by atoms with van der Waals surface area (Å²) in [5.41, 5.74) is 10.2. The molecule has 0 atom stereocenters. The van der Waals surface area contributed by atoms with Gasteiger partial charge in [-0.05, 0) is 42.5 Å². The van der Waals surface area contributed by atoms with Crippen molar-refractivity contribution in [3.8, 4) is 6.07 Å². The molecule has 2 heterocycles. The highest BCUT2D eigenvalue weighted by atomic mass is 19.1. The fourth-order valence-electron chi connectivity index (χ4n) is 3.93. The molecule has 162 valence electrons. The summed E-state index contributed by atoms with van der Waals surface area (Å²) in [6, 6.07) is 5.38. The molecule has 0 saturated heterocycles. The van der Waals surface area contributed by atoms with Crippen LogP contribution in [0.25, 0.3) is 5.65 Å². The molecule has 0 saturated carbocycles. The Balaban J connectivity index is 1.74. The van der Waals surface area contributed by atoms with Crippen LogP contribution in [0.2, 0.25) is 0 Å². The summed E-state index contributed by atoms with van der Waals surface area (Å²) in [6.45, 7) is 1.62. The Morgan fingerprint density at radius 1 is 1.44 bits per heavy atom. The maximum absolute atomic E-state index is 14.5. The zero-order valence-corrected chi connectivity index (χ0v) is 17.8. The van der Waals surface area contributed by atoms with Crippen LogP contribution in [0, 0.1) is 17.1 Å². The number of hydrogen-bond donors (Lipinski definition) is 2. The maximum Gasteiger partial charge on any atom is 0.208 e. The molecule has 4 rings (SSSR count). The van der Waals surface area contributed by atoms with Crippen molar-refractivity contribution in [1.29, 1.82) is 5.26 Å². The number of hydrogen-bond acceptors (Lipinski definition) is 7. The molecule has 0 spiro atoms. The summed E-state index contributed by atoms with van der Waals surface area (Å²) in [5.74, 6) is -0.127. The predicted octanol–water partition coefficient (Wildman–Crippen LogP) is 2.69. The molecule has 0 bridgehead atoms. The van der Waals surface area contributed by atoms with Crippen molar-refractivity contribution in [2.45, 2.75) is 32.7 Å². The topological polar surface area (TPSA) is 121 Å². The van der Waals surface area contributed by atoms with Crippen molar-refractivity contribution in [2.75, 3.05) is 12.4 Å². The number of aromatic nitrogens is 3. The van der Waals surface area contributed by atoms with E-state index in [9.17, 15) is 14.4 Å². The number of fused-ring (bicyclic) bond motifs is 2. The van der Waals surface area contributed by atoms with Gasteiger partial charge in [-0.3, -0.25) is 14.2 Å². The molecule has 0 amide bonds. The van der Waals surface area contributed by atoms with Gasteiger partial charge >= 0.3 is 0 Å². The van der Waals surface area contributed by atoms with Crippen LogP contribution in [-0.4, -0.2) is 32.9 Å². The molecule has 9 heteroatoms. The number of Topliss-reactive ketones (excluding diaryl/α,β-unsaturated/α-hetero) is 1. The number of nitrogens with zero attached hydrogens (tertiary/aromatic N) is 5. The Morgan fingerprint density at radius 3 is 2.97 bits per heavy atom. The molecular formula is C23H22FN7O. The summed E-state index contributed by atoms with van der Waals surface area (Å²) in [7, 11) is 1.56. The fourth-order valence-corrected chi connectivity index (χ4v) is 3.93. The highest BCUT2D eigenvalue weighted by molar-refractivity contribution is 6.15. The van der Waals surface area contributed by atoms with E-state index in [1.807, 2.05) is 12.1 Å². The molecule has 2 aromatic heterocycles. The zero-order valence-electron chi connectivity index (χ0n) is 17.8. The van der Waals surface area contributed by atoms with E-state index in [-0.39, 0.29) is 29.5 Å². The van der Waals surface area contributed by atoms with Crippen molar-refractivity contribution in [1.82, 2.24) is 14.4 Å². The van der Waals surface area contributed by atoms with Crippen LogP contribution in [-0.2, 0) is 24.2 Å². The van der Waals surface area contributed by atoms with Gasteiger partial charge in [-0.2, -0.15) is 5.26 Å². The summed E-state index contributed by atoms with van der Waals surface area (Å²) in [4.78, 5) is 24.6. The molecule has 1 aliphatic rings. The second-order valence-electron chi connectivity index (χ2n) is 7.56. The Labute approximate surface area is 184 Å². The SMILES string of the molecule is CN=C(C=C(N)C(C)=O)c1cnc(NCc2c(F)ccc3c2CCC3)n2cc(C#N)nc12. The van der Waals surface area contributed by atoms with Gasteiger partial charge in [0.05, 0.1) is 23.2 Å². The number of aliphatic imine (C=N–C) groups is 1. The lowest BCUT2D eigenvalue weighted by atomic mass is 10.0. The largest absolute Gasteiger partial charge is 0.396 e. The van der Waals surface area contributed by atoms with E-state index in [0.29, 0.717) is 28.4 Å². The lowest BCUT2D eigenvalue weighted by Gasteiger charge is -2.13. The van der Waals surface area contributed by atoms with E-state index in [2.05, 4.69) is 20.3 Å². The van der Waals surface area contributed by atoms with Crippen molar-refractivity contribution < 1.29 is 9.18 Å². The van der Waals surface area contributed by atoms with Crippen LogP contribution < -0.4 is 11.1 Å². The lowest BCUT2D eigenvalue weighted by molar-refractivity contribution is -0.113. The van der Waals surface area contributed by atoms with Crippen LogP contribution in [0.5, 0.6) is 0 Å². The molecule has 3 N–H and O–H groups in total. The van der Waals surface area contributed by atoms with E-state index in [0.717, 1.165) is 24.8 Å². The standard InChI is InChI=1S/C23H22FN7O/c1-13(32)20(26)8-21(27-2)18-11-29-23(31-12-15(9-25)30-22(18)31)28-10-17-16-5-3-4-14(16)6-7-19(17)24/h6-8,11-12H,3-5,10,26H2,1-2H3,(H,28,29). The van der Waals surface area contributed by atoms with Gasteiger partial charge in [-0.25, -0.2) is 14.4 Å². The van der Waals surface area contributed by atoms with E-state index >= 15 is 0 Å². The third kappa shape index (κ3) is 3.83. The van der Waals surface area contributed by atoms with Gasteiger partial charge in [0.1, 0.15) is 11.9 Å². The lowest BCUT2D eigenvalue weighted by Crippen LogP contribution is -2.14. The second-order valence-corrected chi connectivity index (χ2v) is 7.56. The monoisotopic (exact) mass is 431 g/mol. The summed E-state index contributed by atoms with van der Waals surface area (Å²) in [6.07, 6.45) is 7.38. The Hall–Kier alpha value is -4.06. The molecule has 32 heavy (non-hydrogen) atoms. The molecule has 0 radical (unpaired) electrons. The smallest absolute Gasteiger partial charge is 0.208 e. The van der Waals surface area contributed by atoms with Gasteiger partial charge in [-0.15, -0.1) is 0 Å². The number of nitriles is 1. The van der Waals surface area contributed by atoms with Crippen LogP contribution in [0.3, 0.4) is 0 Å². The van der Waals surface area contributed by atoms with Crippen LogP contribution >= 0.6 is 0 Å². The van der Waals surface area contributed by atoms with E-state index in [1.165, 1.54) is 24.6 Å². The van der Waals surface area contributed by atoms with Crippen molar-refractivity contribution >= 4 is 23.1 Å². The quantitative estimate of drug-likeness (QED) is 0.457. The first kappa shape index (κ1) is 21.2. The van der Waals surface area contributed by atoms with Gasteiger partial charge in [0.2, 0.25) is 5.95 Å². The number of aryl methyl sites for hydroxylation is 1. The molecule has 0 aliphatic heterocycles. The van der Waals surface area contributed by atoms with Gasteiger partial charge in [0.25, 0.3) is 0 Å². The first-order valence-electron chi connectivity index (χ1n) is 10.2. The number of ketones is 1. The van der Waals surface area contributed by atoms with Crippen LogP contribution in [0.1, 0.15) is 41.3 Å². The average molecular weight is 431 g/mol. The minimum absolute atomic E-state index is 0.0476. The van der Waals surface area contributed by atoms with E-state index < -0.39 is 0 Å². The fraction of sp³-hybridized carbons (Fsp3) is 0.261. The number of allylic oxidation sites excluding steroid dienone is 2. The summed E-state index contributed by atoms with van der Waals surface area (Å²) in [5, 5.41) is 12.5. The summed E-state index contributed by atoms with van der Waals surface area (Å²) >= 11 is 0. The van der Waals surface area contributed by atoms with Gasteiger partial charge < -0.3 is 11.1 Å². The Morgan fingerprint density at radius 2 is 2.25 bits per heavy atom. The highest BCUT2D eigenvalue weighted by Gasteiger charge is 2.19. The number of imidazole rings is 1. The van der Waals surface area contributed by atoms with Crippen molar-refractivity contribution in [2.24, 2.45) is 10.7 Å². The molecular weight excluding hydrogens is 409 g/mol. The highest BCUT2D eigenvalue weighted by Crippen LogP contribution is 2.28. The molecule has 1 aliphatic carbocycles. The summed E-state index contributed by atoms with van der Waals surface area (Å²) < 4.78 is 16.2. The third-order valence-corrected chi connectivity index (χ3v) is 5.59. The van der Waals surface area contributed by atoms with E-state index in [1.54, 1.807) is 23.8 Å². The number of nitrogens with two attached hydrogens (primary N) is 1. The molecule has 8 nitrogen and oxygen atoms in total. The number of carbonyl (C=O) groups is 1. The first-order valence-corrected chi connectivity index (χ1v) is 10.2. The van der Waals surface area contributed by atoms with Crippen LogP contribution in [0.4, 0.5) is 10.3 Å².